The van der Waals surface area contributed by atoms with E-state index in [0.717, 1.165) is 6.07 Å². The number of halogens is 5. The Balaban J connectivity index is 2.27. The molecule has 0 atom stereocenters. The maximum absolute atomic E-state index is 13.2. The van der Waals surface area contributed by atoms with E-state index in [0.29, 0.717) is 17.2 Å². The van der Waals surface area contributed by atoms with Crippen molar-refractivity contribution in [2.75, 3.05) is 5.32 Å². The van der Waals surface area contributed by atoms with Crippen molar-refractivity contribution in [3.8, 4) is 0 Å². The van der Waals surface area contributed by atoms with Crippen LogP contribution in [0.25, 0.3) is 0 Å². The predicted molar refractivity (Wildman–Crippen MR) is 70.8 cm³/mol. The standard InChI is InChI=1S/C14H8ClF4NO/c15-10-3-1-2-8(4-10)13(21)20-12-6-9(14(17,18)19)5-11(16)7-12/h1-7H,(H,20,21). The number of benzene rings is 2. The highest BCUT2D eigenvalue weighted by Gasteiger charge is 2.31. The molecule has 0 saturated carbocycles. The Labute approximate surface area is 122 Å². The summed E-state index contributed by atoms with van der Waals surface area (Å²) < 4.78 is 50.9. The van der Waals surface area contributed by atoms with Gasteiger partial charge >= 0.3 is 6.18 Å². The Bertz CT molecular complexity index is 685. The van der Waals surface area contributed by atoms with Crippen molar-refractivity contribution >= 4 is 23.2 Å². The predicted octanol–water partition coefficient (Wildman–Crippen LogP) is 4.75. The molecule has 2 aromatic rings. The smallest absolute Gasteiger partial charge is 0.322 e. The van der Waals surface area contributed by atoms with Gasteiger partial charge in [0, 0.05) is 16.3 Å². The summed E-state index contributed by atoms with van der Waals surface area (Å²) in [5.74, 6) is -1.78. The van der Waals surface area contributed by atoms with Crippen LogP contribution in [-0.4, -0.2) is 5.91 Å². The van der Waals surface area contributed by atoms with Gasteiger partial charge in [-0.15, -0.1) is 0 Å². The van der Waals surface area contributed by atoms with Crippen LogP contribution in [-0.2, 0) is 6.18 Å². The van der Waals surface area contributed by atoms with E-state index >= 15 is 0 Å². The minimum absolute atomic E-state index is 0.153. The minimum atomic E-state index is -4.70. The van der Waals surface area contributed by atoms with Gasteiger partial charge < -0.3 is 5.32 Å². The molecule has 1 amide bonds. The third-order valence-electron chi connectivity index (χ3n) is 2.57. The topological polar surface area (TPSA) is 29.1 Å². The molecule has 7 heteroatoms. The molecule has 0 aliphatic heterocycles. The number of amides is 1. The van der Waals surface area contributed by atoms with Crippen LogP contribution >= 0.6 is 11.6 Å². The molecule has 0 aliphatic rings. The normalized spacial score (nSPS) is 11.3. The van der Waals surface area contributed by atoms with Crippen LogP contribution in [0.4, 0.5) is 23.2 Å². The molecule has 0 spiro atoms. The van der Waals surface area contributed by atoms with Gasteiger partial charge in [-0.3, -0.25) is 4.79 Å². The molecule has 2 nitrogen and oxygen atoms in total. The van der Waals surface area contributed by atoms with E-state index in [1.54, 1.807) is 6.07 Å². The average Bonchev–Trinajstić information content (AvgIpc) is 2.37. The van der Waals surface area contributed by atoms with Crippen LogP contribution in [0.15, 0.2) is 42.5 Å². The molecule has 110 valence electrons. The summed E-state index contributed by atoms with van der Waals surface area (Å²) in [6.45, 7) is 0. The van der Waals surface area contributed by atoms with Crippen molar-refractivity contribution in [1.29, 1.82) is 0 Å². The van der Waals surface area contributed by atoms with E-state index in [9.17, 15) is 22.4 Å². The van der Waals surface area contributed by atoms with E-state index in [2.05, 4.69) is 5.32 Å². The number of nitrogens with one attached hydrogen (secondary N) is 1. The lowest BCUT2D eigenvalue weighted by Gasteiger charge is -2.10. The fourth-order valence-corrected chi connectivity index (χ4v) is 1.85. The third-order valence-corrected chi connectivity index (χ3v) is 2.80. The third kappa shape index (κ3) is 3.95. The van der Waals surface area contributed by atoms with Crippen LogP contribution in [0, 0.1) is 5.82 Å². The molecule has 21 heavy (non-hydrogen) atoms. The number of carbonyl (C=O) groups excluding carboxylic acids is 1. The maximum Gasteiger partial charge on any atom is 0.416 e. The van der Waals surface area contributed by atoms with Gasteiger partial charge in [-0.1, -0.05) is 17.7 Å². The lowest BCUT2D eigenvalue weighted by molar-refractivity contribution is -0.137. The van der Waals surface area contributed by atoms with Gasteiger partial charge in [0.15, 0.2) is 0 Å². The van der Waals surface area contributed by atoms with Crippen molar-refractivity contribution in [3.05, 3.63) is 64.4 Å². The first-order valence-electron chi connectivity index (χ1n) is 5.70. The largest absolute Gasteiger partial charge is 0.416 e. The van der Waals surface area contributed by atoms with Gasteiger partial charge in [0.25, 0.3) is 5.91 Å². The summed E-state index contributed by atoms with van der Waals surface area (Å²) >= 11 is 5.71. The molecule has 0 aliphatic carbocycles. The Morgan fingerprint density at radius 1 is 1.10 bits per heavy atom. The monoisotopic (exact) mass is 317 g/mol. The molecule has 1 N–H and O–H groups in total. The van der Waals surface area contributed by atoms with Gasteiger partial charge in [-0.05, 0) is 36.4 Å². The molecular weight excluding hydrogens is 310 g/mol. The number of hydrogen-bond acceptors (Lipinski definition) is 1. The highest BCUT2D eigenvalue weighted by Crippen LogP contribution is 2.31. The summed E-state index contributed by atoms with van der Waals surface area (Å²) in [6.07, 6.45) is -4.70. The van der Waals surface area contributed by atoms with E-state index in [4.69, 9.17) is 11.6 Å². The second kappa shape index (κ2) is 5.73. The van der Waals surface area contributed by atoms with E-state index < -0.39 is 23.5 Å². The maximum atomic E-state index is 13.2. The van der Waals surface area contributed by atoms with Crippen LogP contribution in [0.2, 0.25) is 5.02 Å². The average molecular weight is 318 g/mol. The van der Waals surface area contributed by atoms with E-state index in [-0.39, 0.29) is 11.3 Å². The quantitative estimate of drug-likeness (QED) is 0.796. The molecule has 2 rings (SSSR count). The van der Waals surface area contributed by atoms with E-state index in [1.165, 1.54) is 18.2 Å². The Morgan fingerprint density at radius 3 is 2.43 bits per heavy atom. The summed E-state index contributed by atoms with van der Waals surface area (Å²) in [7, 11) is 0. The number of rotatable bonds is 2. The molecule has 0 unspecified atom stereocenters. The summed E-state index contributed by atoms with van der Waals surface area (Å²) in [4.78, 5) is 11.9. The minimum Gasteiger partial charge on any atom is -0.322 e. The Kier molecular flexibility index (Phi) is 4.18. The molecule has 2 aromatic carbocycles. The second-order valence-electron chi connectivity index (χ2n) is 4.19. The van der Waals surface area contributed by atoms with Gasteiger partial charge in [0.2, 0.25) is 0 Å². The number of hydrogen-bond donors (Lipinski definition) is 1. The SMILES string of the molecule is O=C(Nc1cc(F)cc(C(F)(F)F)c1)c1cccc(Cl)c1. The molecule has 0 saturated heterocycles. The van der Waals surface area contributed by atoms with Crippen molar-refractivity contribution < 1.29 is 22.4 Å². The first-order valence-corrected chi connectivity index (χ1v) is 6.08. The number of alkyl halides is 3. The van der Waals surface area contributed by atoms with Crippen LogP contribution in [0.3, 0.4) is 0 Å². The highest BCUT2D eigenvalue weighted by atomic mass is 35.5. The number of anilines is 1. The van der Waals surface area contributed by atoms with Gasteiger partial charge in [0.05, 0.1) is 5.56 Å². The lowest BCUT2D eigenvalue weighted by Crippen LogP contribution is -2.13. The molecule has 0 radical (unpaired) electrons. The second-order valence-corrected chi connectivity index (χ2v) is 4.63. The lowest BCUT2D eigenvalue weighted by atomic mass is 10.1. The molecular formula is C14H8ClF4NO. The van der Waals surface area contributed by atoms with Crippen LogP contribution in [0.1, 0.15) is 15.9 Å². The van der Waals surface area contributed by atoms with Crippen LogP contribution < -0.4 is 5.32 Å². The zero-order chi connectivity index (χ0) is 15.6. The highest BCUT2D eigenvalue weighted by molar-refractivity contribution is 6.31. The van der Waals surface area contributed by atoms with Gasteiger partial charge in [-0.25, -0.2) is 4.39 Å². The first kappa shape index (κ1) is 15.3. The van der Waals surface area contributed by atoms with Gasteiger partial charge in [-0.2, -0.15) is 13.2 Å². The van der Waals surface area contributed by atoms with Crippen molar-refractivity contribution in [1.82, 2.24) is 0 Å². The Morgan fingerprint density at radius 2 is 1.81 bits per heavy atom. The molecule has 0 fully saturated rings. The first-order chi connectivity index (χ1) is 9.75. The van der Waals surface area contributed by atoms with E-state index in [1.807, 2.05) is 0 Å². The van der Waals surface area contributed by atoms with Gasteiger partial charge in [0.1, 0.15) is 5.82 Å². The van der Waals surface area contributed by atoms with Crippen molar-refractivity contribution in [3.63, 3.8) is 0 Å². The zero-order valence-corrected chi connectivity index (χ0v) is 11.1. The fourth-order valence-electron chi connectivity index (χ4n) is 1.66. The summed E-state index contributed by atoms with van der Waals surface area (Å²) in [5, 5.41) is 2.50. The van der Waals surface area contributed by atoms with Crippen molar-refractivity contribution in [2.24, 2.45) is 0 Å². The summed E-state index contributed by atoms with van der Waals surface area (Å²) in [6, 6.07) is 7.66. The molecule has 0 heterocycles. The van der Waals surface area contributed by atoms with Crippen LogP contribution in [0.5, 0.6) is 0 Å². The van der Waals surface area contributed by atoms with Crippen molar-refractivity contribution in [2.45, 2.75) is 6.18 Å². The fraction of sp³-hybridized carbons (Fsp3) is 0.0714. The Hall–Kier alpha value is -2.08. The summed E-state index contributed by atoms with van der Waals surface area (Å²) in [5.41, 5.74) is -1.31. The molecule has 0 aromatic heterocycles. The zero-order valence-electron chi connectivity index (χ0n) is 10.3. The molecule has 0 bridgehead atoms. The number of carbonyl (C=O) groups is 1.